The fourth-order valence-electron chi connectivity index (χ4n) is 2.38. The van der Waals surface area contributed by atoms with Crippen LogP contribution < -0.4 is 0 Å². The molecule has 260 valence electrons. The number of unbranched alkanes of at least 4 members (excludes halogenated alkanes) is 2. The van der Waals surface area contributed by atoms with Crippen LogP contribution in [-0.2, 0) is 57.2 Å². The lowest BCUT2D eigenvalue weighted by atomic mass is 10.0. The lowest BCUT2D eigenvalue weighted by molar-refractivity contribution is -0.160. The zero-order valence-corrected chi connectivity index (χ0v) is 28.6. The molecule has 0 aromatic rings. The summed E-state index contributed by atoms with van der Waals surface area (Å²) in [5.74, 6) is -3.15. The van der Waals surface area contributed by atoms with E-state index >= 15 is 0 Å². The van der Waals surface area contributed by atoms with Crippen LogP contribution in [0.1, 0.15) is 101 Å². The zero-order chi connectivity index (χ0) is 34.9. The molecule has 0 rings (SSSR count). The van der Waals surface area contributed by atoms with E-state index in [0.717, 1.165) is 0 Å². The Bertz CT molecular complexity index is 764. The molecule has 0 aromatic heterocycles. The molecule has 0 aliphatic carbocycles. The number of rotatable bonds is 20. The van der Waals surface area contributed by atoms with Crippen LogP contribution in [0.2, 0.25) is 0 Å². The lowest BCUT2D eigenvalue weighted by Crippen LogP contribution is -2.22. The molecule has 0 spiro atoms. The standard InChI is InChI=1S/C16H28O8.C10H16O5.C3H8.C2H6/c1-12(2)22-10-13(3)24-14(18)7-5-4-6-8-21-16(20)11-23-15(19)9-17;1-7(2)9(12)4-8(11)5-15-10(13)6-14-3;1-3-2;1-2/h12-13,17H,4-11H2,1-3H3;7H,4-6H2,1-3H3;3H2,1-2H3;1-2H3. The number of methoxy groups -OCH3 is 1. The molecule has 0 fully saturated rings. The van der Waals surface area contributed by atoms with Crippen LogP contribution in [0.4, 0.5) is 0 Å². The van der Waals surface area contributed by atoms with E-state index in [1.165, 1.54) is 13.5 Å². The molecular formula is C31H58O13. The number of aliphatic hydroxyl groups excluding tert-OH is 1. The largest absolute Gasteiger partial charge is 0.463 e. The molecule has 0 bridgehead atoms. The van der Waals surface area contributed by atoms with Gasteiger partial charge < -0.3 is 33.5 Å². The molecule has 0 radical (unpaired) electrons. The van der Waals surface area contributed by atoms with E-state index in [9.17, 15) is 28.8 Å². The normalized spacial score (nSPS) is 10.5. The van der Waals surface area contributed by atoms with Gasteiger partial charge in [-0.1, -0.05) is 48.0 Å². The van der Waals surface area contributed by atoms with E-state index in [0.29, 0.717) is 32.3 Å². The van der Waals surface area contributed by atoms with Gasteiger partial charge in [-0.25, -0.2) is 14.4 Å². The van der Waals surface area contributed by atoms with Crippen molar-refractivity contribution in [2.24, 2.45) is 5.92 Å². The molecule has 1 unspecified atom stereocenters. The van der Waals surface area contributed by atoms with Gasteiger partial charge in [0.05, 0.1) is 25.7 Å². The second-order valence-corrected chi connectivity index (χ2v) is 9.67. The molecule has 0 heterocycles. The number of Topliss-reactive ketones (excluding diaryl/α,β-unsaturated/α-hetero) is 2. The number of ketones is 2. The SMILES string of the molecule is CC.CC(C)OCC(C)OC(=O)CCCCCOC(=O)COC(=O)CO.CCC.COCC(=O)OCC(=O)CC(=O)C(C)C. The van der Waals surface area contributed by atoms with Crippen molar-refractivity contribution in [1.82, 2.24) is 0 Å². The Hall–Kier alpha value is -2.90. The molecule has 0 saturated heterocycles. The van der Waals surface area contributed by atoms with Gasteiger partial charge in [0.25, 0.3) is 0 Å². The first-order chi connectivity index (χ1) is 20.7. The summed E-state index contributed by atoms with van der Waals surface area (Å²) in [6.45, 7) is 16.0. The second kappa shape index (κ2) is 34.6. The number of carbonyl (C=O) groups is 6. The highest BCUT2D eigenvalue weighted by atomic mass is 16.6. The van der Waals surface area contributed by atoms with Gasteiger partial charge in [-0.15, -0.1) is 0 Å². The molecule has 13 nitrogen and oxygen atoms in total. The van der Waals surface area contributed by atoms with Crippen molar-refractivity contribution in [3.05, 3.63) is 0 Å². The van der Waals surface area contributed by atoms with Crippen LogP contribution in [0.3, 0.4) is 0 Å². The van der Waals surface area contributed by atoms with Gasteiger partial charge in [-0.2, -0.15) is 0 Å². The number of esters is 4. The van der Waals surface area contributed by atoms with Crippen molar-refractivity contribution in [3.63, 3.8) is 0 Å². The van der Waals surface area contributed by atoms with E-state index in [-0.39, 0.29) is 56.1 Å². The summed E-state index contributed by atoms with van der Waals surface area (Å²) in [5, 5.41) is 8.40. The Labute approximate surface area is 263 Å². The van der Waals surface area contributed by atoms with Crippen molar-refractivity contribution < 1.29 is 62.3 Å². The summed E-state index contributed by atoms with van der Waals surface area (Å²) < 4.78 is 28.8. The third kappa shape index (κ3) is 39.1. The average Bonchev–Trinajstić information content (AvgIpc) is 2.97. The fraction of sp³-hybridized carbons (Fsp3) is 0.806. The number of hydrogen-bond donors (Lipinski definition) is 1. The van der Waals surface area contributed by atoms with Gasteiger partial charge >= 0.3 is 23.9 Å². The van der Waals surface area contributed by atoms with Gasteiger partial charge in [0.15, 0.2) is 19.0 Å². The molecule has 1 N–H and O–H groups in total. The monoisotopic (exact) mass is 638 g/mol. The van der Waals surface area contributed by atoms with Crippen LogP contribution in [-0.4, -0.2) is 99.5 Å². The molecule has 0 aliphatic heterocycles. The summed E-state index contributed by atoms with van der Waals surface area (Å²) in [5.41, 5.74) is 0. The van der Waals surface area contributed by atoms with E-state index in [4.69, 9.17) is 19.3 Å². The first kappa shape index (κ1) is 48.0. The smallest absolute Gasteiger partial charge is 0.344 e. The molecule has 0 aliphatic rings. The number of carbonyl (C=O) groups excluding carboxylic acids is 6. The maximum atomic E-state index is 11.6. The highest BCUT2D eigenvalue weighted by molar-refractivity contribution is 6.00. The van der Waals surface area contributed by atoms with E-state index in [1.54, 1.807) is 20.8 Å². The fourth-order valence-corrected chi connectivity index (χ4v) is 2.38. The molecule has 0 aromatic carbocycles. The third-order valence-electron chi connectivity index (χ3n) is 4.44. The number of hydrogen-bond acceptors (Lipinski definition) is 13. The summed E-state index contributed by atoms with van der Waals surface area (Å²) in [4.78, 5) is 66.4. The highest BCUT2D eigenvalue weighted by Gasteiger charge is 2.14. The first-order valence-electron chi connectivity index (χ1n) is 15.2. The van der Waals surface area contributed by atoms with Crippen LogP contribution in [0.15, 0.2) is 0 Å². The quantitative estimate of drug-likeness (QED) is 0.0882. The van der Waals surface area contributed by atoms with E-state index in [1.807, 2.05) is 27.7 Å². The minimum atomic E-state index is -0.876. The van der Waals surface area contributed by atoms with Crippen molar-refractivity contribution >= 4 is 35.4 Å². The minimum absolute atomic E-state index is 0.0982. The predicted octanol–water partition coefficient (Wildman–Crippen LogP) is 3.79. The van der Waals surface area contributed by atoms with Gasteiger partial charge in [0, 0.05) is 19.4 Å². The van der Waals surface area contributed by atoms with E-state index in [2.05, 4.69) is 28.1 Å². The minimum Gasteiger partial charge on any atom is -0.463 e. The van der Waals surface area contributed by atoms with Gasteiger partial charge in [0.2, 0.25) is 0 Å². The Kier molecular flexibility index (Phi) is 37.7. The summed E-state index contributed by atoms with van der Waals surface area (Å²) >= 11 is 0. The Morgan fingerprint density at radius 2 is 1.25 bits per heavy atom. The Balaban J connectivity index is -0.000000341. The molecule has 0 amide bonds. The van der Waals surface area contributed by atoms with Crippen molar-refractivity contribution in [2.45, 2.75) is 113 Å². The summed E-state index contributed by atoms with van der Waals surface area (Å²) in [6.07, 6.45) is 3.12. The van der Waals surface area contributed by atoms with E-state index < -0.39 is 36.9 Å². The number of ether oxygens (including phenoxy) is 6. The lowest BCUT2D eigenvalue weighted by Gasteiger charge is -2.15. The Morgan fingerprint density at radius 3 is 1.75 bits per heavy atom. The summed E-state index contributed by atoms with van der Waals surface area (Å²) in [7, 11) is 1.35. The average molecular weight is 639 g/mol. The molecule has 0 saturated carbocycles. The van der Waals surface area contributed by atoms with Crippen LogP contribution in [0, 0.1) is 5.92 Å². The first-order valence-corrected chi connectivity index (χ1v) is 15.2. The van der Waals surface area contributed by atoms with Crippen LogP contribution in [0.5, 0.6) is 0 Å². The summed E-state index contributed by atoms with van der Waals surface area (Å²) in [6, 6.07) is 0. The van der Waals surface area contributed by atoms with Crippen molar-refractivity contribution in [1.29, 1.82) is 0 Å². The van der Waals surface area contributed by atoms with Crippen LogP contribution >= 0.6 is 0 Å². The number of aliphatic hydroxyl groups is 1. The zero-order valence-electron chi connectivity index (χ0n) is 28.6. The highest BCUT2D eigenvalue weighted by Crippen LogP contribution is 2.05. The third-order valence-corrected chi connectivity index (χ3v) is 4.44. The van der Waals surface area contributed by atoms with Gasteiger partial charge in [-0.3, -0.25) is 14.4 Å². The predicted molar refractivity (Wildman–Crippen MR) is 164 cm³/mol. The molecular weight excluding hydrogens is 580 g/mol. The molecule has 13 heteroatoms. The Morgan fingerprint density at radius 1 is 0.705 bits per heavy atom. The van der Waals surface area contributed by atoms with Gasteiger partial charge in [0.1, 0.15) is 25.1 Å². The van der Waals surface area contributed by atoms with Crippen molar-refractivity contribution in [3.8, 4) is 0 Å². The van der Waals surface area contributed by atoms with Crippen molar-refractivity contribution in [2.75, 3.05) is 46.8 Å². The maximum Gasteiger partial charge on any atom is 0.344 e. The van der Waals surface area contributed by atoms with Crippen LogP contribution in [0.25, 0.3) is 0 Å². The second-order valence-electron chi connectivity index (χ2n) is 9.67. The molecule has 1 atom stereocenters. The molecule has 44 heavy (non-hydrogen) atoms. The van der Waals surface area contributed by atoms with Gasteiger partial charge in [-0.05, 0) is 40.0 Å². The maximum absolute atomic E-state index is 11.6. The topological polar surface area (TPSA) is 178 Å².